The minimum atomic E-state index is -0.593. The molecule has 1 aliphatic heterocycles. The van der Waals surface area contributed by atoms with E-state index in [1.165, 1.54) is 12.1 Å². The first kappa shape index (κ1) is 21.9. The Labute approximate surface area is 180 Å². The third-order valence-electron chi connectivity index (χ3n) is 4.77. The first-order valence-corrected chi connectivity index (χ1v) is 10.2. The minimum absolute atomic E-state index is 0.312. The largest absolute Gasteiger partial charge is 0.382 e. The van der Waals surface area contributed by atoms with Crippen molar-refractivity contribution in [1.82, 2.24) is 15.4 Å². The van der Waals surface area contributed by atoms with Crippen LogP contribution in [0.15, 0.2) is 46.1 Å². The zero-order chi connectivity index (χ0) is 21.7. The van der Waals surface area contributed by atoms with Crippen LogP contribution in [-0.4, -0.2) is 40.8 Å². The summed E-state index contributed by atoms with van der Waals surface area (Å²) in [5, 5.41) is 10.3. The van der Waals surface area contributed by atoms with E-state index in [1.54, 1.807) is 25.1 Å². The fraction of sp³-hybridized carbons (Fsp3) is 0.381. The second-order valence-corrected chi connectivity index (χ2v) is 7.30. The van der Waals surface area contributed by atoms with Gasteiger partial charge in [-0.15, -0.1) is 0 Å². The Morgan fingerprint density at radius 1 is 1.40 bits per heavy atom. The van der Waals surface area contributed by atoms with Crippen molar-refractivity contribution in [2.45, 2.75) is 33.2 Å². The third-order valence-corrected chi connectivity index (χ3v) is 5.11. The van der Waals surface area contributed by atoms with E-state index in [4.69, 9.17) is 21.5 Å². The molecule has 0 saturated carbocycles. The molecule has 0 unspecified atom stereocenters. The maximum absolute atomic E-state index is 13.9. The molecule has 1 amide bonds. The van der Waals surface area contributed by atoms with E-state index in [2.05, 4.69) is 15.8 Å². The van der Waals surface area contributed by atoms with Crippen molar-refractivity contribution >= 4 is 29.1 Å². The van der Waals surface area contributed by atoms with E-state index in [9.17, 15) is 9.18 Å². The van der Waals surface area contributed by atoms with E-state index in [-0.39, 0.29) is 11.7 Å². The molecule has 1 aliphatic rings. The number of rotatable bonds is 8. The molecule has 0 bridgehead atoms. The molecule has 1 aromatic heterocycles. The molecule has 0 saturated heterocycles. The zero-order valence-electron chi connectivity index (χ0n) is 17.2. The number of carbonyl (C=O) groups is 1. The van der Waals surface area contributed by atoms with Crippen LogP contribution in [0.1, 0.15) is 37.6 Å². The van der Waals surface area contributed by atoms with E-state index in [0.29, 0.717) is 53.3 Å². The molecule has 7 nitrogen and oxygen atoms in total. The molecule has 2 heterocycles. The average Bonchev–Trinajstić information content (AvgIpc) is 3.11. The van der Waals surface area contributed by atoms with Crippen LogP contribution < -0.4 is 10.6 Å². The summed E-state index contributed by atoms with van der Waals surface area (Å²) in [5.74, 6) is 0.147. The van der Waals surface area contributed by atoms with E-state index in [1.807, 2.05) is 18.7 Å². The summed E-state index contributed by atoms with van der Waals surface area (Å²) in [5.41, 5.74) is 1.74. The number of hydrogen-bond donors (Lipinski definition) is 2. The molecule has 0 radical (unpaired) electrons. The normalized spacial score (nSPS) is 16.6. The SMILES string of the molecule is CCOCCCN1C(=S)N[C@H](c2cccc(F)c2)C(C(=O)Nc2cc(C)on2)=C1C. The summed E-state index contributed by atoms with van der Waals surface area (Å²) in [4.78, 5) is 15.1. The summed E-state index contributed by atoms with van der Waals surface area (Å²) < 4.78 is 24.3. The Kier molecular flexibility index (Phi) is 7.17. The highest BCUT2D eigenvalue weighted by molar-refractivity contribution is 7.80. The van der Waals surface area contributed by atoms with Crippen LogP contribution in [0.2, 0.25) is 0 Å². The highest BCUT2D eigenvalue weighted by Crippen LogP contribution is 2.32. The number of carbonyl (C=O) groups excluding carboxylic acids is 1. The molecule has 1 atom stereocenters. The van der Waals surface area contributed by atoms with Gasteiger partial charge in [-0.3, -0.25) is 4.79 Å². The summed E-state index contributed by atoms with van der Waals surface area (Å²) in [6.07, 6.45) is 0.745. The Morgan fingerprint density at radius 3 is 2.87 bits per heavy atom. The molecule has 30 heavy (non-hydrogen) atoms. The number of nitrogens with zero attached hydrogens (tertiary/aromatic N) is 2. The lowest BCUT2D eigenvalue weighted by molar-refractivity contribution is -0.113. The number of ether oxygens (including phenoxy) is 1. The predicted molar refractivity (Wildman–Crippen MR) is 115 cm³/mol. The summed E-state index contributed by atoms with van der Waals surface area (Å²) in [6, 6.07) is 7.16. The van der Waals surface area contributed by atoms with E-state index >= 15 is 0 Å². The van der Waals surface area contributed by atoms with Crippen LogP contribution in [0.4, 0.5) is 10.2 Å². The lowest BCUT2D eigenvalue weighted by Gasteiger charge is -2.38. The Hall–Kier alpha value is -2.78. The van der Waals surface area contributed by atoms with Gasteiger partial charge < -0.3 is 24.8 Å². The molecule has 160 valence electrons. The quantitative estimate of drug-likeness (QED) is 0.486. The van der Waals surface area contributed by atoms with Crippen molar-refractivity contribution in [2.24, 2.45) is 0 Å². The molecule has 3 rings (SSSR count). The minimum Gasteiger partial charge on any atom is -0.382 e. The molecule has 9 heteroatoms. The number of allylic oxidation sites excluding steroid dienone is 1. The molecule has 0 aliphatic carbocycles. The van der Waals surface area contributed by atoms with Crippen LogP contribution in [0.5, 0.6) is 0 Å². The van der Waals surface area contributed by atoms with Crippen molar-refractivity contribution < 1.29 is 18.4 Å². The molecular formula is C21H25FN4O3S. The molecule has 2 aromatic rings. The summed E-state index contributed by atoms with van der Waals surface area (Å²) >= 11 is 5.55. The molecule has 0 spiro atoms. The lowest BCUT2D eigenvalue weighted by atomic mass is 9.94. The van der Waals surface area contributed by atoms with Gasteiger partial charge in [0.05, 0.1) is 11.6 Å². The first-order chi connectivity index (χ1) is 14.4. The number of thiocarbonyl (C=S) groups is 1. The van der Waals surface area contributed by atoms with Crippen molar-refractivity contribution in [3.63, 3.8) is 0 Å². The number of nitrogens with one attached hydrogen (secondary N) is 2. The van der Waals surface area contributed by atoms with Gasteiger partial charge >= 0.3 is 0 Å². The number of hydrogen-bond acceptors (Lipinski definition) is 5. The van der Waals surface area contributed by atoms with Gasteiger partial charge in [-0.05, 0) is 57.1 Å². The van der Waals surface area contributed by atoms with E-state index < -0.39 is 6.04 Å². The first-order valence-electron chi connectivity index (χ1n) is 9.77. The third kappa shape index (κ3) is 5.03. The summed E-state index contributed by atoms with van der Waals surface area (Å²) in [7, 11) is 0. The standard InChI is InChI=1S/C21H25FN4O3S/c1-4-28-10-6-9-26-14(3)18(20(27)23-17-11-13(2)29-25-17)19(24-21(26)30)15-7-5-8-16(22)12-15/h5,7-8,11-12,19H,4,6,9-10H2,1-3H3,(H,24,30)(H,23,25,27)/t19-/m1/s1. The smallest absolute Gasteiger partial charge is 0.257 e. The average molecular weight is 433 g/mol. The topological polar surface area (TPSA) is 79.6 Å². The monoisotopic (exact) mass is 432 g/mol. The number of aryl methyl sites for hydroxylation is 1. The highest BCUT2D eigenvalue weighted by atomic mass is 32.1. The lowest BCUT2D eigenvalue weighted by Crippen LogP contribution is -2.48. The van der Waals surface area contributed by atoms with Gasteiger partial charge in [-0.2, -0.15) is 0 Å². The number of aromatic nitrogens is 1. The zero-order valence-corrected chi connectivity index (χ0v) is 18.0. The van der Waals surface area contributed by atoms with Crippen molar-refractivity contribution in [3.8, 4) is 0 Å². The molecular weight excluding hydrogens is 407 g/mol. The number of anilines is 1. The fourth-order valence-electron chi connectivity index (χ4n) is 3.36. The van der Waals surface area contributed by atoms with Gasteiger partial charge in [0.2, 0.25) is 0 Å². The van der Waals surface area contributed by atoms with Crippen molar-refractivity contribution in [3.05, 3.63) is 58.7 Å². The summed E-state index contributed by atoms with van der Waals surface area (Å²) in [6.45, 7) is 7.34. The van der Waals surface area contributed by atoms with Gasteiger partial charge in [0, 0.05) is 31.5 Å². The maximum atomic E-state index is 13.9. The van der Waals surface area contributed by atoms with Gasteiger partial charge in [0.25, 0.3) is 5.91 Å². The second-order valence-electron chi connectivity index (χ2n) is 6.92. The van der Waals surface area contributed by atoms with Crippen LogP contribution in [0.3, 0.4) is 0 Å². The van der Waals surface area contributed by atoms with Gasteiger partial charge in [-0.1, -0.05) is 17.3 Å². The molecule has 1 aromatic carbocycles. The van der Waals surface area contributed by atoms with Crippen LogP contribution >= 0.6 is 12.2 Å². The Bertz CT molecular complexity index is 959. The molecule has 0 fully saturated rings. The Morgan fingerprint density at radius 2 is 2.20 bits per heavy atom. The van der Waals surface area contributed by atoms with Gasteiger partial charge in [-0.25, -0.2) is 4.39 Å². The van der Waals surface area contributed by atoms with Gasteiger partial charge in [0.1, 0.15) is 11.6 Å². The van der Waals surface area contributed by atoms with Crippen molar-refractivity contribution in [1.29, 1.82) is 0 Å². The highest BCUT2D eigenvalue weighted by Gasteiger charge is 2.34. The molecule has 2 N–H and O–H groups in total. The van der Waals surface area contributed by atoms with Gasteiger partial charge in [0.15, 0.2) is 10.9 Å². The van der Waals surface area contributed by atoms with Crippen LogP contribution in [-0.2, 0) is 9.53 Å². The van der Waals surface area contributed by atoms with Crippen LogP contribution in [0.25, 0.3) is 0 Å². The number of amides is 1. The van der Waals surface area contributed by atoms with Crippen molar-refractivity contribution in [2.75, 3.05) is 25.1 Å². The number of benzene rings is 1. The second kappa shape index (κ2) is 9.82. The maximum Gasteiger partial charge on any atom is 0.257 e. The van der Waals surface area contributed by atoms with E-state index in [0.717, 1.165) is 6.42 Å². The van der Waals surface area contributed by atoms with Crippen LogP contribution in [0, 0.1) is 12.7 Å². The Balaban J connectivity index is 1.94. The fourth-order valence-corrected chi connectivity index (χ4v) is 3.71. The predicted octanol–water partition coefficient (Wildman–Crippen LogP) is 3.69. The number of halogens is 1.